The molecule has 5 heteroatoms. The topological polar surface area (TPSA) is 55.4 Å². The van der Waals surface area contributed by atoms with Gasteiger partial charge in [-0.25, -0.2) is 4.79 Å². The molecule has 6 rings (SSSR count). The Morgan fingerprint density at radius 3 is 2.40 bits per heavy atom. The zero-order valence-corrected chi connectivity index (χ0v) is 17.9. The Balaban J connectivity index is 1.46. The second-order valence-corrected chi connectivity index (χ2v) is 9.94. The number of esters is 1. The number of anilines is 1. The fraction of sp³-hybridized carbons (Fsp3) is 0.440. The van der Waals surface area contributed by atoms with Crippen LogP contribution in [0.4, 0.5) is 5.69 Å². The molecule has 2 unspecified atom stereocenters. The van der Waals surface area contributed by atoms with Crippen molar-refractivity contribution in [3.05, 3.63) is 64.7 Å². The number of rotatable bonds is 4. The van der Waals surface area contributed by atoms with E-state index < -0.39 is 5.97 Å². The van der Waals surface area contributed by atoms with Crippen LogP contribution in [0.1, 0.15) is 54.4 Å². The molecule has 0 aliphatic heterocycles. The van der Waals surface area contributed by atoms with Crippen LogP contribution in [0.25, 0.3) is 0 Å². The number of benzene rings is 2. The van der Waals surface area contributed by atoms with E-state index in [9.17, 15) is 9.59 Å². The summed E-state index contributed by atoms with van der Waals surface area (Å²) in [6, 6.07) is 15.6. The van der Waals surface area contributed by atoms with Gasteiger partial charge in [0.2, 0.25) is 5.91 Å². The molecule has 4 bridgehead atoms. The Hall–Kier alpha value is -2.33. The van der Waals surface area contributed by atoms with Gasteiger partial charge in [-0.15, -0.1) is 0 Å². The molecule has 1 N–H and O–H groups in total. The zero-order valence-electron chi connectivity index (χ0n) is 17.1. The Morgan fingerprint density at radius 1 is 1.03 bits per heavy atom. The highest BCUT2D eigenvalue weighted by Crippen LogP contribution is 2.66. The standard InChI is InChI=1S/C25H26ClNO3/c1-30-22(28)18-7-8-20(26)21(10-18)27-23(29)25-13-16-9-17(14-25)12-24(11-16,15-25)19-5-3-2-4-6-19/h2-8,10,16-17H,9,11-15H2,1H3,(H,27,29). The predicted octanol–water partition coefficient (Wildman–Crippen LogP) is 5.60. The highest BCUT2D eigenvalue weighted by molar-refractivity contribution is 6.34. The number of hydrogen-bond donors (Lipinski definition) is 1. The van der Waals surface area contributed by atoms with Crippen LogP contribution < -0.4 is 5.32 Å². The first-order valence-corrected chi connectivity index (χ1v) is 11.1. The van der Waals surface area contributed by atoms with Crippen molar-refractivity contribution in [3.63, 3.8) is 0 Å². The lowest BCUT2D eigenvalue weighted by molar-refractivity contribution is -0.143. The maximum Gasteiger partial charge on any atom is 0.337 e. The summed E-state index contributed by atoms with van der Waals surface area (Å²) < 4.78 is 4.80. The first kappa shape index (κ1) is 19.6. The highest BCUT2D eigenvalue weighted by atomic mass is 35.5. The van der Waals surface area contributed by atoms with E-state index in [4.69, 9.17) is 16.3 Å². The molecule has 0 heterocycles. The van der Waals surface area contributed by atoms with E-state index in [1.807, 2.05) is 0 Å². The first-order valence-electron chi connectivity index (χ1n) is 10.7. The Kier molecular flexibility index (Phi) is 4.66. The van der Waals surface area contributed by atoms with Gasteiger partial charge in [-0.3, -0.25) is 4.79 Å². The molecule has 2 aromatic rings. The second kappa shape index (κ2) is 7.12. The monoisotopic (exact) mass is 423 g/mol. The average molecular weight is 424 g/mol. The minimum Gasteiger partial charge on any atom is -0.465 e. The molecule has 0 radical (unpaired) electrons. The molecule has 0 saturated heterocycles. The number of carbonyl (C=O) groups excluding carboxylic acids is 2. The van der Waals surface area contributed by atoms with E-state index in [1.54, 1.807) is 18.2 Å². The van der Waals surface area contributed by atoms with Crippen molar-refractivity contribution >= 4 is 29.2 Å². The third-order valence-electron chi connectivity index (χ3n) is 7.56. The summed E-state index contributed by atoms with van der Waals surface area (Å²) in [5.74, 6) is 0.781. The molecule has 4 nitrogen and oxygen atoms in total. The summed E-state index contributed by atoms with van der Waals surface area (Å²) in [6.45, 7) is 0. The molecule has 2 atom stereocenters. The number of carbonyl (C=O) groups is 2. The van der Waals surface area contributed by atoms with Gasteiger partial charge >= 0.3 is 5.97 Å². The van der Waals surface area contributed by atoms with Crippen LogP contribution in [0.3, 0.4) is 0 Å². The number of halogens is 1. The number of amides is 1. The van der Waals surface area contributed by atoms with Crippen LogP contribution in [-0.4, -0.2) is 19.0 Å². The van der Waals surface area contributed by atoms with Crippen molar-refractivity contribution < 1.29 is 14.3 Å². The summed E-state index contributed by atoms with van der Waals surface area (Å²) in [5.41, 5.74) is 1.96. The van der Waals surface area contributed by atoms with E-state index in [0.29, 0.717) is 28.1 Å². The third kappa shape index (κ3) is 3.13. The van der Waals surface area contributed by atoms with Crippen molar-refractivity contribution in [1.29, 1.82) is 0 Å². The van der Waals surface area contributed by atoms with Gasteiger partial charge in [0.05, 0.1) is 28.8 Å². The SMILES string of the molecule is COC(=O)c1ccc(Cl)c(NC(=O)C23CC4CC(C2)CC(c2ccccc2)(C4)C3)c1. The quantitative estimate of drug-likeness (QED) is 0.651. The van der Waals surface area contributed by atoms with Crippen LogP contribution >= 0.6 is 11.6 Å². The maximum atomic E-state index is 13.7. The molecule has 156 valence electrons. The summed E-state index contributed by atoms with van der Waals surface area (Å²) in [7, 11) is 1.34. The van der Waals surface area contributed by atoms with Crippen molar-refractivity contribution in [2.75, 3.05) is 12.4 Å². The predicted molar refractivity (Wildman–Crippen MR) is 117 cm³/mol. The smallest absolute Gasteiger partial charge is 0.337 e. The third-order valence-corrected chi connectivity index (χ3v) is 7.89. The summed E-state index contributed by atoms with van der Waals surface area (Å²) in [4.78, 5) is 25.6. The Morgan fingerprint density at radius 2 is 1.73 bits per heavy atom. The fourth-order valence-corrected chi connectivity index (χ4v) is 6.94. The molecule has 30 heavy (non-hydrogen) atoms. The minimum atomic E-state index is -0.444. The van der Waals surface area contributed by atoms with Gasteiger partial charge in [0.15, 0.2) is 0 Å². The molecule has 4 aliphatic carbocycles. The number of hydrogen-bond acceptors (Lipinski definition) is 3. The number of methoxy groups -OCH3 is 1. The molecule has 4 saturated carbocycles. The van der Waals surface area contributed by atoms with Gasteiger partial charge in [0.1, 0.15) is 0 Å². The van der Waals surface area contributed by atoms with Crippen molar-refractivity contribution in [2.45, 2.75) is 43.9 Å². The molecule has 2 aromatic carbocycles. The summed E-state index contributed by atoms with van der Waals surface area (Å²) >= 11 is 6.35. The largest absolute Gasteiger partial charge is 0.465 e. The summed E-state index contributed by atoms with van der Waals surface area (Å²) in [6.07, 6.45) is 6.37. The van der Waals surface area contributed by atoms with E-state index in [0.717, 1.165) is 19.3 Å². The van der Waals surface area contributed by atoms with Gasteiger partial charge < -0.3 is 10.1 Å². The van der Waals surface area contributed by atoms with Crippen molar-refractivity contribution in [1.82, 2.24) is 0 Å². The van der Waals surface area contributed by atoms with Gasteiger partial charge in [-0.05, 0) is 79.5 Å². The van der Waals surface area contributed by atoms with Gasteiger partial charge in [0, 0.05) is 0 Å². The van der Waals surface area contributed by atoms with Crippen LogP contribution in [0, 0.1) is 17.3 Å². The molecule has 0 aromatic heterocycles. The second-order valence-electron chi connectivity index (χ2n) is 9.53. The Bertz CT molecular complexity index is 989. The maximum absolute atomic E-state index is 13.7. The summed E-state index contributed by atoms with van der Waals surface area (Å²) in [5, 5.41) is 3.51. The lowest BCUT2D eigenvalue weighted by atomic mass is 9.42. The zero-order chi connectivity index (χ0) is 20.9. The number of ether oxygens (including phenoxy) is 1. The van der Waals surface area contributed by atoms with E-state index in [2.05, 4.69) is 35.6 Å². The Labute approximate surface area is 182 Å². The molecule has 1 amide bonds. The first-order chi connectivity index (χ1) is 14.4. The van der Waals surface area contributed by atoms with Crippen molar-refractivity contribution in [2.24, 2.45) is 17.3 Å². The normalized spacial score (nSPS) is 31.4. The van der Waals surface area contributed by atoms with E-state index >= 15 is 0 Å². The number of nitrogens with one attached hydrogen (secondary N) is 1. The van der Waals surface area contributed by atoms with E-state index in [-0.39, 0.29) is 16.7 Å². The molecular weight excluding hydrogens is 398 g/mol. The van der Waals surface area contributed by atoms with Gasteiger partial charge in [0.25, 0.3) is 0 Å². The van der Waals surface area contributed by atoms with Crippen LogP contribution in [0.5, 0.6) is 0 Å². The minimum absolute atomic E-state index is 0.0424. The highest BCUT2D eigenvalue weighted by Gasteiger charge is 2.60. The lowest BCUT2D eigenvalue weighted by Crippen LogP contribution is -2.58. The van der Waals surface area contributed by atoms with E-state index in [1.165, 1.54) is 31.9 Å². The lowest BCUT2D eigenvalue weighted by Gasteiger charge is -2.61. The fourth-order valence-electron chi connectivity index (χ4n) is 6.78. The molecule has 0 spiro atoms. The average Bonchev–Trinajstić information content (AvgIpc) is 2.74. The van der Waals surface area contributed by atoms with Gasteiger partial charge in [-0.2, -0.15) is 0 Å². The molecule has 4 aliphatic rings. The van der Waals surface area contributed by atoms with Crippen LogP contribution in [0.15, 0.2) is 48.5 Å². The molecular formula is C25H26ClNO3. The van der Waals surface area contributed by atoms with Crippen LogP contribution in [-0.2, 0) is 14.9 Å². The molecule has 4 fully saturated rings. The van der Waals surface area contributed by atoms with Gasteiger partial charge in [-0.1, -0.05) is 41.9 Å². The van der Waals surface area contributed by atoms with Crippen LogP contribution in [0.2, 0.25) is 5.02 Å². The van der Waals surface area contributed by atoms with Crippen molar-refractivity contribution in [3.8, 4) is 0 Å².